The maximum absolute atomic E-state index is 6.23. The van der Waals surface area contributed by atoms with Gasteiger partial charge in [0.05, 0.1) is 18.4 Å². The van der Waals surface area contributed by atoms with Crippen molar-refractivity contribution in [2.75, 3.05) is 13.0 Å². The van der Waals surface area contributed by atoms with Crippen LogP contribution in [0.15, 0.2) is 78.1 Å². The minimum Gasteiger partial charge on any atom is -0.496 e. The molecule has 2 heterocycles. The van der Waals surface area contributed by atoms with Crippen LogP contribution in [0.4, 0.5) is 0 Å². The van der Waals surface area contributed by atoms with Crippen molar-refractivity contribution in [1.29, 1.82) is 0 Å². The number of pyridine rings is 1. The van der Waals surface area contributed by atoms with Gasteiger partial charge < -0.3 is 15.3 Å². The van der Waals surface area contributed by atoms with Crippen molar-refractivity contribution in [3.63, 3.8) is 0 Å². The van der Waals surface area contributed by atoms with Crippen LogP contribution in [-0.2, 0) is 12.4 Å². The van der Waals surface area contributed by atoms with Gasteiger partial charge in [-0.05, 0) is 42.0 Å². The van der Waals surface area contributed by atoms with Crippen LogP contribution in [0, 0.1) is 0 Å². The number of rotatable bonds is 8. The Morgan fingerprint density at radius 3 is 2.53 bits per heavy atom. The Morgan fingerprint density at radius 1 is 0.967 bits per heavy atom. The third-order valence-corrected chi connectivity index (χ3v) is 5.43. The van der Waals surface area contributed by atoms with Crippen molar-refractivity contribution in [3.8, 4) is 22.9 Å². The number of para-hydroxylation sites is 1. The van der Waals surface area contributed by atoms with Crippen LogP contribution < -0.4 is 15.3 Å². The van der Waals surface area contributed by atoms with Gasteiger partial charge in [0.25, 0.3) is 0 Å². The first-order valence-electron chi connectivity index (χ1n) is 9.33. The summed E-state index contributed by atoms with van der Waals surface area (Å²) in [7, 11) is 1.62. The average molecular weight is 420 g/mol. The van der Waals surface area contributed by atoms with Gasteiger partial charge in [0.2, 0.25) is 5.16 Å². The molecule has 0 bridgehead atoms. The zero-order chi connectivity index (χ0) is 20.8. The Kier molecular flexibility index (Phi) is 6.14. The maximum Gasteiger partial charge on any atom is 0.210 e. The minimum absolute atomic E-state index is 0.441. The molecule has 0 atom stereocenters. The van der Waals surface area contributed by atoms with E-state index in [1.54, 1.807) is 13.3 Å². The van der Waals surface area contributed by atoms with Crippen molar-refractivity contribution in [3.05, 3.63) is 84.2 Å². The van der Waals surface area contributed by atoms with Crippen molar-refractivity contribution in [2.24, 2.45) is 0 Å². The molecule has 2 aromatic carbocycles. The lowest BCUT2D eigenvalue weighted by molar-refractivity contribution is 0.301. The molecule has 152 valence electrons. The van der Waals surface area contributed by atoms with E-state index in [4.69, 9.17) is 15.3 Å². The van der Waals surface area contributed by atoms with Crippen molar-refractivity contribution >= 4 is 11.8 Å². The lowest BCUT2D eigenvalue weighted by Crippen LogP contribution is -2.12. The predicted octanol–water partition coefficient (Wildman–Crippen LogP) is 3.93. The molecule has 0 fully saturated rings. The van der Waals surface area contributed by atoms with Gasteiger partial charge in [-0.15, -0.1) is 10.2 Å². The van der Waals surface area contributed by atoms with Crippen molar-refractivity contribution in [1.82, 2.24) is 19.9 Å². The van der Waals surface area contributed by atoms with Gasteiger partial charge in [-0.2, -0.15) is 0 Å². The standard InChI is InChI=1S/C22H21N5O2S/c1-28-20-8-3-2-7-19(20)21-25-26-22(27(21)23)30-15-16-9-11-18(12-10-16)29-14-17-6-4-5-13-24-17/h2-13H,14-15,23H2,1H3. The van der Waals surface area contributed by atoms with Crippen LogP contribution in [0.3, 0.4) is 0 Å². The number of nitrogen functional groups attached to an aromatic ring is 1. The zero-order valence-electron chi connectivity index (χ0n) is 16.4. The molecule has 4 aromatic rings. The van der Waals surface area contributed by atoms with Crippen LogP contribution in [0.1, 0.15) is 11.3 Å². The van der Waals surface area contributed by atoms with E-state index in [9.17, 15) is 0 Å². The molecule has 0 aliphatic rings. The van der Waals surface area contributed by atoms with Crippen LogP contribution in [-0.4, -0.2) is 27.0 Å². The molecule has 0 saturated heterocycles. The van der Waals surface area contributed by atoms with Crippen molar-refractivity contribution < 1.29 is 9.47 Å². The Balaban J connectivity index is 1.37. The SMILES string of the molecule is COc1ccccc1-c1nnc(SCc2ccc(OCc3ccccn3)cc2)n1N. The third kappa shape index (κ3) is 4.55. The van der Waals surface area contributed by atoms with E-state index in [1.165, 1.54) is 16.4 Å². The van der Waals surface area contributed by atoms with Gasteiger partial charge in [0, 0.05) is 11.9 Å². The molecule has 0 amide bonds. The summed E-state index contributed by atoms with van der Waals surface area (Å²) in [4.78, 5) is 4.25. The third-order valence-electron chi connectivity index (χ3n) is 4.42. The van der Waals surface area contributed by atoms with Crippen LogP contribution in [0.25, 0.3) is 11.4 Å². The summed E-state index contributed by atoms with van der Waals surface area (Å²) in [5.74, 6) is 9.01. The smallest absolute Gasteiger partial charge is 0.210 e. The van der Waals surface area contributed by atoms with Crippen LogP contribution in [0.5, 0.6) is 11.5 Å². The van der Waals surface area contributed by atoms with Crippen LogP contribution >= 0.6 is 11.8 Å². The number of hydrogen-bond acceptors (Lipinski definition) is 7. The molecule has 0 spiro atoms. The zero-order valence-corrected chi connectivity index (χ0v) is 17.2. The first kappa shape index (κ1) is 19.8. The Labute approximate surface area is 178 Å². The monoisotopic (exact) mass is 419 g/mol. The molecule has 7 nitrogen and oxygen atoms in total. The van der Waals surface area contributed by atoms with E-state index < -0.39 is 0 Å². The number of aromatic nitrogens is 4. The molecule has 2 N–H and O–H groups in total. The molecule has 8 heteroatoms. The lowest BCUT2D eigenvalue weighted by Gasteiger charge is -2.08. The van der Waals surface area contributed by atoms with Crippen molar-refractivity contribution in [2.45, 2.75) is 17.5 Å². The summed E-state index contributed by atoms with van der Waals surface area (Å²) in [6.45, 7) is 0.441. The molecule has 4 rings (SSSR count). The Bertz CT molecular complexity index is 1100. The Morgan fingerprint density at radius 2 is 1.77 bits per heavy atom. The van der Waals surface area contributed by atoms with Gasteiger partial charge in [0.15, 0.2) is 5.82 Å². The summed E-state index contributed by atoms with van der Waals surface area (Å²) in [6.07, 6.45) is 1.76. The molecule has 30 heavy (non-hydrogen) atoms. The second-order valence-electron chi connectivity index (χ2n) is 6.42. The number of ether oxygens (including phenoxy) is 2. The molecule has 2 aromatic heterocycles. The topological polar surface area (TPSA) is 88.1 Å². The first-order valence-corrected chi connectivity index (χ1v) is 10.3. The fraction of sp³-hybridized carbons (Fsp3) is 0.136. The summed E-state index contributed by atoms with van der Waals surface area (Å²) in [6, 6.07) is 21.3. The van der Waals surface area contributed by atoms with Gasteiger partial charge in [-0.25, -0.2) is 4.68 Å². The first-order chi connectivity index (χ1) is 14.7. The van der Waals surface area contributed by atoms with Crippen LogP contribution in [0.2, 0.25) is 0 Å². The molecule has 0 radical (unpaired) electrons. The number of nitrogens with zero attached hydrogens (tertiary/aromatic N) is 4. The minimum atomic E-state index is 0.441. The van der Waals surface area contributed by atoms with E-state index in [-0.39, 0.29) is 0 Å². The van der Waals surface area contributed by atoms with E-state index in [1.807, 2.05) is 66.7 Å². The Hall–Kier alpha value is -3.52. The molecule has 0 aliphatic heterocycles. The highest BCUT2D eigenvalue weighted by molar-refractivity contribution is 7.98. The molecular weight excluding hydrogens is 398 g/mol. The highest BCUT2D eigenvalue weighted by Crippen LogP contribution is 2.30. The summed E-state index contributed by atoms with van der Waals surface area (Å²) in [5.41, 5.74) is 2.83. The number of benzene rings is 2. The van der Waals surface area contributed by atoms with Gasteiger partial charge in [-0.3, -0.25) is 4.98 Å². The maximum atomic E-state index is 6.23. The normalized spacial score (nSPS) is 10.7. The van der Waals surface area contributed by atoms with Gasteiger partial charge in [0.1, 0.15) is 18.1 Å². The summed E-state index contributed by atoms with van der Waals surface area (Å²) in [5, 5.41) is 9.09. The fourth-order valence-electron chi connectivity index (χ4n) is 2.86. The number of hydrogen-bond donors (Lipinski definition) is 1. The number of methoxy groups -OCH3 is 1. The molecule has 0 saturated carbocycles. The van der Waals surface area contributed by atoms with E-state index in [0.29, 0.717) is 29.1 Å². The molecule has 0 unspecified atom stereocenters. The number of nitrogens with two attached hydrogens (primary N) is 1. The summed E-state index contributed by atoms with van der Waals surface area (Å²) < 4.78 is 12.7. The second kappa shape index (κ2) is 9.32. The van der Waals surface area contributed by atoms with Gasteiger partial charge in [-0.1, -0.05) is 42.1 Å². The quantitative estimate of drug-likeness (QED) is 0.342. The van der Waals surface area contributed by atoms with E-state index in [0.717, 1.165) is 22.6 Å². The molecule has 0 aliphatic carbocycles. The van der Waals surface area contributed by atoms with E-state index >= 15 is 0 Å². The second-order valence-corrected chi connectivity index (χ2v) is 7.36. The predicted molar refractivity (Wildman–Crippen MR) is 117 cm³/mol. The molecular formula is C22H21N5O2S. The lowest BCUT2D eigenvalue weighted by atomic mass is 10.2. The fourth-order valence-corrected chi connectivity index (χ4v) is 3.67. The average Bonchev–Trinajstić information content (AvgIpc) is 3.17. The van der Waals surface area contributed by atoms with Gasteiger partial charge >= 0.3 is 0 Å². The highest BCUT2D eigenvalue weighted by Gasteiger charge is 2.15. The number of thioether (sulfide) groups is 1. The van der Waals surface area contributed by atoms with E-state index in [2.05, 4.69) is 15.2 Å². The summed E-state index contributed by atoms with van der Waals surface area (Å²) >= 11 is 1.52. The largest absolute Gasteiger partial charge is 0.496 e. The highest BCUT2D eigenvalue weighted by atomic mass is 32.2.